The molecule has 0 amide bonds. The van der Waals surface area contributed by atoms with Crippen molar-refractivity contribution in [2.75, 3.05) is 36.1 Å². The van der Waals surface area contributed by atoms with Gasteiger partial charge < -0.3 is 8.83 Å². The standard InChI is InChI=1S/C21H28N2O7S2/c24-19(11-22(13-20-3-1-7-29-20)17-5-9-31(25,26)15-17)12-23(14-21-4-2-8-30-21)18-6-10-32(27,28)16-18/h1-4,7-8,17-18H,5-6,9-16H2/t17-,18-/m1/s1. The van der Waals surface area contributed by atoms with Gasteiger partial charge in [0.05, 0.1) is 61.7 Å². The number of carbonyl (C=O) groups excluding carboxylic acids is 1. The van der Waals surface area contributed by atoms with Crippen LogP contribution in [0.3, 0.4) is 0 Å². The number of hydrogen-bond acceptors (Lipinski definition) is 9. The van der Waals surface area contributed by atoms with Crippen LogP contribution < -0.4 is 0 Å². The average Bonchev–Trinajstić information content (AvgIpc) is 3.49. The van der Waals surface area contributed by atoms with E-state index in [2.05, 4.69) is 0 Å². The fourth-order valence-electron chi connectivity index (χ4n) is 4.46. The Bertz CT molecular complexity index is 1020. The summed E-state index contributed by atoms with van der Waals surface area (Å²) in [6.45, 7) is 0.813. The first-order chi connectivity index (χ1) is 15.2. The van der Waals surface area contributed by atoms with Crippen molar-refractivity contribution < 1.29 is 30.5 Å². The van der Waals surface area contributed by atoms with Gasteiger partial charge in [0.25, 0.3) is 0 Å². The van der Waals surface area contributed by atoms with Crippen LogP contribution >= 0.6 is 0 Å². The van der Waals surface area contributed by atoms with Crippen molar-refractivity contribution in [1.29, 1.82) is 0 Å². The molecule has 0 unspecified atom stereocenters. The lowest BCUT2D eigenvalue weighted by Crippen LogP contribution is -2.45. The quantitative estimate of drug-likeness (QED) is 0.489. The molecule has 0 spiro atoms. The summed E-state index contributed by atoms with van der Waals surface area (Å²) in [6, 6.07) is 6.61. The third kappa shape index (κ3) is 6.09. The molecule has 0 N–H and O–H groups in total. The highest BCUT2D eigenvalue weighted by molar-refractivity contribution is 7.91. The summed E-state index contributed by atoms with van der Waals surface area (Å²) in [4.78, 5) is 16.8. The minimum absolute atomic E-state index is 0.0258. The van der Waals surface area contributed by atoms with Gasteiger partial charge in [-0.05, 0) is 37.1 Å². The largest absolute Gasteiger partial charge is 0.468 e. The van der Waals surface area contributed by atoms with Gasteiger partial charge in [0.2, 0.25) is 0 Å². The minimum Gasteiger partial charge on any atom is -0.468 e. The maximum Gasteiger partial charge on any atom is 0.160 e. The van der Waals surface area contributed by atoms with E-state index in [-0.39, 0.29) is 54.0 Å². The molecule has 0 saturated carbocycles. The van der Waals surface area contributed by atoms with Crippen LogP contribution in [0.1, 0.15) is 24.4 Å². The minimum atomic E-state index is -3.11. The lowest BCUT2D eigenvalue weighted by Gasteiger charge is -2.30. The zero-order valence-corrected chi connectivity index (χ0v) is 19.4. The zero-order valence-electron chi connectivity index (χ0n) is 17.8. The third-order valence-corrected chi connectivity index (χ3v) is 9.59. The van der Waals surface area contributed by atoms with E-state index >= 15 is 0 Å². The highest BCUT2D eigenvalue weighted by atomic mass is 32.2. The van der Waals surface area contributed by atoms with Gasteiger partial charge in [0.1, 0.15) is 11.5 Å². The summed E-state index contributed by atoms with van der Waals surface area (Å²) in [5, 5.41) is 0. The van der Waals surface area contributed by atoms with Crippen molar-refractivity contribution in [2.24, 2.45) is 0 Å². The Morgan fingerprint density at radius 1 is 0.812 bits per heavy atom. The van der Waals surface area contributed by atoms with E-state index in [0.717, 1.165) is 0 Å². The first-order valence-corrected chi connectivity index (χ1v) is 14.3. The Morgan fingerprint density at radius 2 is 1.25 bits per heavy atom. The van der Waals surface area contributed by atoms with Crippen LogP contribution in [0, 0.1) is 0 Å². The second kappa shape index (κ2) is 9.50. The number of rotatable bonds is 10. The summed E-state index contributed by atoms with van der Waals surface area (Å²) in [7, 11) is -6.22. The Balaban J connectivity index is 1.46. The molecule has 9 nitrogen and oxygen atoms in total. The maximum absolute atomic E-state index is 13.1. The van der Waals surface area contributed by atoms with Gasteiger partial charge in [0, 0.05) is 12.1 Å². The molecule has 2 fully saturated rings. The Kier molecular flexibility index (Phi) is 6.89. The third-order valence-electron chi connectivity index (χ3n) is 6.09. The molecular weight excluding hydrogens is 456 g/mol. The van der Waals surface area contributed by atoms with Gasteiger partial charge >= 0.3 is 0 Å². The van der Waals surface area contributed by atoms with Crippen molar-refractivity contribution in [1.82, 2.24) is 9.80 Å². The van der Waals surface area contributed by atoms with Gasteiger partial charge in [-0.25, -0.2) is 16.8 Å². The molecule has 4 heterocycles. The van der Waals surface area contributed by atoms with E-state index in [0.29, 0.717) is 37.5 Å². The summed E-state index contributed by atoms with van der Waals surface area (Å²) in [5.74, 6) is 1.51. The molecule has 11 heteroatoms. The Hall–Kier alpha value is -1.95. The number of hydrogen-bond donors (Lipinski definition) is 0. The van der Waals surface area contributed by atoms with Gasteiger partial charge in [-0.15, -0.1) is 0 Å². The van der Waals surface area contributed by atoms with Crippen LogP contribution in [0.25, 0.3) is 0 Å². The molecule has 0 radical (unpaired) electrons. The maximum atomic E-state index is 13.1. The molecule has 32 heavy (non-hydrogen) atoms. The molecule has 2 aliphatic rings. The van der Waals surface area contributed by atoms with Gasteiger partial charge in [-0.2, -0.15) is 0 Å². The second-order valence-electron chi connectivity index (χ2n) is 8.62. The average molecular weight is 485 g/mol. The fraction of sp³-hybridized carbons (Fsp3) is 0.571. The second-order valence-corrected chi connectivity index (χ2v) is 13.1. The Morgan fingerprint density at radius 3 is 1.56 bits per heavy atom. The van der Waals surface area contributed by atoms with Crippen LogP contribution in [0.5, 0.6) is 0 Å². The van der Waals surface area contributed by atoms with E-state index in [4.69, 9.17) is 8.83 Å². The SMILES string of the molecule is O=C(CN(Cc1ccco1)[C@@H]1CCS(=O)(=O)C1)CN(Cc1ccco1)[C@@H]1CCS(=O)(=O)C1. The summed E-state index contributed by atoms with van der Waals surface area (Å²) in [5.41, 5.74) is 0. The number of ketones is 1. The van der Waals surface area contributed by atoms with Crippen molar-refractivity contribution >= 4 is 25.5 Å². The van der Waals surface area contributed by atoms with Gasteiger partial charge in [0.15, 0.2) is 25.5 Å². The first kappa shape index (κ1) is 23.2. The lowest BCUT2D eigenvalue weighted by molar-refractivity contribution is -0.122. The van der Waals surface area contributed by atoms with Gasteiger partial charge in [-0.1, -0.05) is 0 Å². The fourth-order valence-corrected chi connectivity index (χ4v) is 7.99. The number of sulfone groups is 2. The number of Topliss-reactive ketones (excluding diaryl/α,β-unsaturated/α-hetero) is 1. The zero-order chi connectivity index (χ0) is 22.8. The molecule has 176 valence electrons. The van der Waals surface area contributed by atoms with E-state index in [1.165, 1.54) is 0 Å². The first-order valence-electron chi connectivity index (χ1n) is 10.6. The van der Waals surface area contributed by atoms with Crippen LogP contribution in [0.2, 0.25) is 0 Å². The molecule has 2 saturated heterocycles. The van der Waals surface area contributed by atoms with Crippen molar-refractivity contribution in [2.45, 2.75) is 38.0 Å². The molecule has 4 rings (SSSR count). The van der Waals surface area contributed by atoms with Crippen molar-refractivity contribution in [3.63, 3.8) is 0 Å². The van der Waals surface area contributed by atoms with Crippen LogP contribution in [0.15, 0.2) is 45.6 Å². The van der Waals surface area contributed by atoms with Gasteiger partial charge in [-0.3, -0.25) is 14.6 Å². The van der Waals surface area contributed by atoms with E-state index in [9.17, 15) is 21.6 Å². The van der Waals surface area contributed by atoms with E-state index in [1.807, 2.05) is 9.80 Å². The van der Waals surface area contributed by atoms with Crippen molar-refractivity contribution in [3.8, 4) is 0 Å². The smallest absolute Gasteiger partial charge is 0.160 e. The van der Waals surface area contributed by atoms with Crippen LogP contribution in [-0.2, 0) is 37.6 Å². The number of nitrogens with zero attached hydrogens (tertiary/aromatic N) is 2. The normalized spacial score (nSPS) is 24.4. The molecule has 2 aliphatic heterocycles. The summed E-state index contributed by atoms with van der Waals surface area (Å²) >= 11 is 0. The molecular formula is C21H28N2O7S2. The molecule has 0 aromatic carbocycles. The Labute approximate surface area is 188 Å². The lowest BCUT2D eigenvalue weighted by atomic mass is 10.1. The molecule has 0 aliphatic carbocycles. The van der Waals surface area contributed by atoms with Crippen LogP contribution in [0.4, 0.5) is 0 Å². The number of carbonyl (C=O) groups is 1. The van der Waals surface area contributed by atoms with E-state index < -0.39 is 19.7 Å². The topological polar surface area (TPSA) is 118 Å². The molecule has 0 bridgehead atoms. The van der Waals surface area contributed by atoms with E-state index in [1.54, 1.807) is 36.8 Å². The molecule has 2 aromatic rings. The highest BCUT2D eigenvalue weighted by Gasteiger charge is 2.36. The van der Waals surface area contributed by atoms with Crippen molar-refractivity contribution in [3.05, 3.63) is 48.3 Å². The molecule has 2 atom stereocenters. The predicted molar refractivity (Wildman–Crippen MR) is 117 cm³/mol. The van der Waals surface area contributed by atoms with Crippen LogP contribution in [-0.4, -0.2) is 80.6 Å². The highest BCUT2D eigenvalue weighted by Crippen LogP contribution is 2.22. The monoisotopic (exact) mass is 484 g/mol. The predicted octanol–water partition coefficient (Wildman–Crippen LogP) is 1.12. The number of furan rings is 2. The summed E-state index contributed by atoms with van der Waals surface area (Å²) < 4.78 is 58.9. The summed E-state index contributed by atoms with van der Waals surface area (Å²) in [6.07, 6.45) is 4.05. The molecule has 2 aromatic heterocycles.